The second kappa shape index (κ2) is 6.83. The highest BCUT2D eigenvalue weighted by Gasteiger charge is 2.16. The fourth-order valence-corrected chi connectivity index (χ4v) is 2.05. The van der Waals surface area contributed by atoms with Crippen LogP contribution in [0, 0.1) is 11.8 Å². The third kappa shape index (κ3) is 3.36. The minimum atomic E-state index is -0.242. The van der Waals surface area contributed by atoms with Crippen LogP contribution in [0.2, 0.25) is 5.02 Å². The Morgan fingerprint density at radius 3 is 2.62 bits per heavy atom. The monoisotopic (exact) mass is 300 g/mol. The highest BCUT2D eigenvalue weighted by atomic mass is 35.5. The third-order valence-corrected chi connectivity index (χ3v) is 3.08. The Morgan fingerprint density at radius 1 is 1.29 bits per heavy atom. The van der Waals surface area contributed by atoms with E-state index < -0.39 is 0 Å². The van der Waals surface area contributed by atoms with Crippen LogP contribution in [0.25, 0.3) is 0 Å². The Kier molecular flexibility index (Phi) is 4.86. The highest BCUT2D eigenvalue weighted by Crippen LogP contribution is 2.36. The van der Waals surface area contributed by atoms with E-state index in [1.165, 1.54) is 6.07 Å². The molecular formula is C17H13ClO3. The van der Waals surface area contributed by atoms with Gasteiger partial charge in [0, 0.05) is 11.6 Å². The summed E-state index contributed by atoms with van der Waals surface area (Å²) in [6, 6.07) is 10.8. The summed E-state index contributed by atoms with van der Waals surface area (Å²) in [6.45, 7) is 2.13. The lowest BCUT2D eigenvalue weighted by Crippen LogP contribution is -1.97. The molecule has 106 valence electrons. The van der Waals surface area contributed by atoms with Gasteiger partial charge in [-0.05, 0) is 19.1 Å². The first-order valence-corrected chi connectivity index (χ1v) is 6.75. The van der Waals surface area contributed by atoms with E-state index in [2.05, 4.69) is 11.8 Å². The van der Waals surface area contributed by atoms with E-state index >= 15 is 0 Å². The Morgan fingerprint density at radius 2 is 2.00 bits per heavy atom. The second-order valence-electron chi connectivity index (χ2n) is 4.16. The van der Waals surface area contributed by atoms with Crippen LogP contribution in [-0.2, 0) is 0 Å². The molecule has 0 fully saturated rings. The number of aldehydes is 1. The van der Waals surface area contributed by atoms with Gasteiger partial charge in [0.1, 0.15) is 0 Å². The molecule has 2 aromatic rings. The molecule has 0 radical (unpaired) electrons. The second-order valence-corrected chi connectivity index (χ2v) is 4.57. The molecule has 2 aromatic carbocycles. The first-order valence-electron chi connectivity index (χ1n) is 6.37. The molecule has 0 atom stereocenters. The first-order chi connectivity index (χ1) is 10.2. The number of ether oxygens (including phenoxy) is 1. The van der Waals surface area contributed by atoms with Gasteiger partial charge in [-0.15, -0.1) is 0 Å². The SMILES string of the molecule is CCOc1cc(Cl)c(C#Cc2ccccc2)c(C=O)c1O. The zero-order valence-electron chi connectivity index (χ0n) is 11.4. The lowest BCUT2D eigenvalue weighted by Gasteiger charge is -2.10. The zero-order chi connectivity index (χ0) is 15.2. The van der Waals surface area contributed by atoms with Crippen LogP contribution in [0.3, 0.4) is 0 Å². The van der Waals surface area contributed by atoms with E-state index in [0.29, 0.717) is 12.9 Å². The van der Waals surface area contributed by atoms with E-state index in [1.54, 1.807) is 6.92 Å². The maximum atomic E-state index is 11.2. The molecule has 0 aromatic heterocycles. The normalized spacial score (nSPS) is 9.62. The largest absolute Gasteiger partial charge is 0.504 e. The number of carbonyl (C=O) groups excluding carboxylic acids is 1. The Bertz CT molecular complexity index is 712. The smallest absolute Gasteiger partial charge is 0.169 e. The topological polar surface area (TPSA) is 46.5 Å². The van der Waals surface area contributed by atoms with Gasteiger partial charge in [0.25, 0.3) is 0 Å². The number of halogens is 1. The van der Waals surface area contributed by atoms with Crippen LogP contribution < -0.4 is 4.74 Å². The van der Waals surface area contributed by atoms with Gasteiger partial charge in [-0.1, -0.05) is 41.6 Å². The lowest BCUT2D eigenvalue weighted by atomic mass is 10.1. The van der Waals surface area contributed by atoms with Crippen LogP contribution in [0.5, 0.6) is 11.5 Å². The first kappa shape index (κ1) is 15.0. The van der Waals surface area contributed by atoms with Crippen molar-refractivity contribution in [3.63, 3.8) is 0 Å². The molecule has 0 spiro atoms. The van der Waals surface area contributed by atoms with Crippen molar-refractivity contribution in [2.75, 3.05) is 6.61 Å². The molecule has 0 aliphatic rings. The Balaban J connectivity index is 2.52. The van der Waals surface area contributed by atoms with Crippen molar-refractivity contribution in [2.24, 2.45) is 0 Å². The van der Waals surface area contributed by atoms with Crippen molar-refractivity contribution in [2.45, 2.75) is 6.92 Å². The van der Waals surface area contributed by atoms with Crippen molar-refractivity contribution in [1.29, 1.82) is 0 Å². The van der Waals surface area contributed by atoms with Gasteiger partial charge in [-0.25, -0.2) is 0 Å². The summed E-state index contributed by atoms with van der Waals surface area (Å²) in [4.78, 5) is 11.2. The molecule has 0 saturated carbocycles. The van der Waals surface area contributed by atoms with Crippen LogP contribution in [-0.4, -0.2) is 18.0 Å². The van der Waals surface area contributed by atoms with Crippen LogP contribution in [0.4, 0.5) is 0 Å². The van der Waals surface area contributed by atoms with Crippen molar-refractivity contribution in [3.8, 4) is 23.3 Å². The van der Waals surface area contributed by atoms with Crippen molar-refractivity contribution >= 4 is 17.9 Å². The van der Waals surface area contributed by atoms with Crippen LogP contribution >= 0.6 is 11.6 Å². The van der Waals surface area contributed by atoms with Gasteiger partial charge in [-0.2, -0.15) is 0 Å². The number of phenols is 1. The molecule has 1 N–H and O–H groups in total. The number of rotatable bonds is 3. The molecule has 3 nitrogen and oxygen atoms in total. The molecule has 0 bridgehead atoms. The average molecular weight is 301 g/mol. The Hall–Kier alpha value is -2.44. The summed E-state index contributed by atoms with van der Waals surface area (Å²) < 4.78 is 5.24. The maximum absolute atomic E-state index is 11.2. The standard InChI is InChI=1S/C17H13ClO3/c1-2-21-16-10-15(18)13(14(11-19)17(16)20)9-8-12-6-4-3-5-7-12/h3-7,10-11,20H,2H2,1H3. The molecule has 2 rings (SSSR count). The molecule has 0 aliphatic carbocycles. The zero-order valence-corrected chi connectivity index (χ0v) is 12.1. The molecule has 0 amide bonds. The summed E-state index contributed by atoms with van der Waals surface area (Å²) in [6.07, 6.45) is 0.527. The van der Waals surface area contributed by atoms with Gasteiger partial charge >= 0.3 is 0 Å². The number of aromatic hydroxyl groups is 1. The van der Waals surface area contributed by atoms with E-state index in [-0.39, 0.29) is 27.6 Å². The average Bonchev–Trinajstić information content (AvgIpc) is 2.50. The third-order valence-electron chi connectivity index (χ3n) is 2.78. The summed E-state index contributed by atoms with van der Waals surface area (Å²) >= 11 is 6.13. The summed E-state index contributed by atoms with van der Waals surface area (Å²) in [5, 5.41) is 10.3. The van der Waals surface area contributed by atoms with Crippen LogP contribution in [0.1, 0.15) is 28.4 Å². The molecule has 0 aliphatic heterocycles. The fraction of sp³-hybridized carbons (Fsp3) is 0.118. The van der Waals surface area contributed by atoms with Gasteiger partial charge < -0.3 is 9.84 Å². The van der Waals surface area contributed by atoms with Gasteiger partial charge in [0.2, 0.25) is 0 Å². The predicted octanol–water partition coefficient (Wildman–Crippen LogP) is 3.66. The number of carbonyl (C=O) groups is 1. The van der Waals surface area contributed by atoms with Gasteiger partial charge in [0.15, 0.2) is 17.8 Å². The minimum absolute atomic E-state index is 0.0365. The molecule has 21 heavy (non-hydrogen) atoms. The van der Waals surface area contributed by atoms with E-state index in [0.717, 1.165) is 5.56 Å². The van der Waals surface area contributed by atoms with E-state index in [9.17, 15) is 9.90 Å². The number of benzene rings is 2. The number of hydrogen-bond acceptors (Lipinski definition) is 3. The quantitative estimate of drug-likeness (QED) is 0.695. The molecule has 0 saturated heterocycles. The van der Waals surface area contributed by atoms with Crippen molar-refractivity contribution in [3.05, 3.63) is 58.1 Å². The number of phenolic OH excluding ortho intramolecular Hbond substituents is 1. The summed E-state index contributed by atoms with van der Waals surface area (Å²) in [7, 11) is 0. The van der Waals surface area contributed by atoms with Crippen LogP contribution in [0.15, 0.2) is 36.4 Å². The summed E-state index contributed by atoms with van der Waals surface area (Å²) in [5.74, 6) is 5.67. The number of hydrogen-bond donors (Lipinski definition) is 1. The molecule has 4 heteroatoms. The predicted molar refractivity (Wildman–Crippen MR) is 82.1 cm³/mol. The molecular weight excluding hydrogens is 288 g/mol. The molecule has 0 unspecified atom stereocenters. The minimum Gasteiger partial charge on any atom is -0.504 e. The highest BCUT2D eigenvalue weighted by molar-refractivity contribution is 6.32. The maximum Gasteiger partial charge on any atom is 0.169 e. The summed E-state index contributed by atoms with van der Waals surface area (Å²) in [5.41, 5.74) is 1.12. The van der Waals surface area contributed by atoms with Crippen molar-refractivity contribution in [1.82, 2.24) is 0 Å². The fourth-order valence-electron chi connectivity index (χ4n) is 1.80. The van der Waals surface area contributed by atoms with Crippen molar-refractivity contribution < 1.29 is 14.6 Å². The lowest BCUT2D eigenvalue weighted by molar-refractivity contribution is 0.112. The molecule has 0 heterocycles. The Labute approximate surface area is 128 Å². The van der Waals surface area contributed by atoms with Gasteiger partial charge in [0.05, 0.1) is 22.8 Å². The van der Waals surface area contributed by atoms with E-state index in [1.807, 2.05) is 30.3 Å². The van der Waals surface area contributed by atoms with E-state index in [4.69, 9.17) is 16.3 Å². The van der Waals surface area contributed by atoms with Gasteiger partial charge in [-0.3, -0.25) is 4.79 Å².